The van der Waals surface area contributed by atoms with Crippen LogP contribution in [0.5, 0.6) is 0 Å². The minimum atomic E-state index is -0.404. The van der Waals surface area contributed by atoms with Crippen LogP contribution in [-0.2, 0) is 14.1 Å². The highest BCUT2D eigenvalue weighted by molar-refractivity contribution is 5.86. The number of fused-ring (bicyclic) bond motifs is 1. The molecule has 0 unspecified atom stereocenters. The van der Waals surface area contributed by atoms with Crippen molar-refractivity contribution in [3.05, 3.63) is 20.8 Å². The Bertz CT molecular complexity index is 833. The lowest BCUT2D eigenvalue weighted by Gasteiger charge is -2.26. The van der Waals surface area contributed by atoms with Crippen molar-refractivity contribution in [2.24, 2.45) is 19.3 Å². The molecule has 21 heavy (non-hydrogen) atoms. The van der Waals surface area contributed by atoms with E-state index in [2.05, 4.69) is 15.1 Å². The molecule has 1 aliphatic rings. The van der Waals surface area contributed by atoms with E-state index in [0.29, 0.717) is 43.0 Å². The molecule has 1 aliphatic heterocycles. The molecule has 9 heteroatoms. The molecular formula is C12H16N6O3. The van der Waals surface area contributed by atoms with Crippen LogP contribution in [0.25, 0.3) is 11.2 Å². The number of anilines is 1. The molecule has 0 bridgehead atoms. The van der Waals surface area contributed by atoms with E-state index in [9.17, 15) is 9.59 Å². The Morgan fingerprint density at radius 2 is 1.86 bits per heavy atom. The van der Waals surface area contributed by atoms with Crippen molar-refractivity contribution in [1.29, 1.82) is 0 Å². The molecule has 1 saturated heterocycles. The molecule has 0 saturated carbocycles. The van der Waals surface area contributed by atoms with Crippen LogP contribution in [0, 0.1) is 0 Å². The van der Waals surface area contributed by atoms with E-state index in [1.165, 1.54) is 11.6 Å². The fourth-order valence-corrected chi connectivity index (χ4v) is 2.54. The first-order valence-electron chi connectivity index (χ1n) is 6.63. The zero-order chi connectivity index (χ0) is 15.1. The summed E-state index contributed by atoms with van der Waals surface area (Å²) in [6.45, 7) is 1.29. The summed E-state index contributed by atoms with van der Waals surface area (Å²) in [6, 6.07) is 0. The summed E-state index contributed by atoms with van der Waals surface area (Å²) in [5.74, 6) is 0.556. The summed E-state index contributed by atoms with van der Waals surface area (Å²) >= 11 is 0. The zero-order valence-corrected chi connectivity index (χ0v) is 11.8. The van der Waals surface area contributed by atoms with E-state index in [1.54, 1.807) is 7.05 Å². The maximum atomic E-state index is 12.1. The molecule has 112 valence electrons. The van der Waals surface area contributed by atoms with Crippen molar-refractivity contribution in [2.75, 3.05) is 18.0 Å². The van der Waals surface area contributed by atoms with E-state index in [0.717, 1.165) is 10.3 Å². The molecule has 0 atom stereocenters. The van der Waals surface area contributed by atoms with Crippen molar-refractivity contribution in [3.8, 4) is 0 Å². The molecule has 1 fully saturated rings. The lowest BCUT2D eigenvalue weighted by Crippen LogP contribution is -2.36. The summed E-state index contributed by atoms with van der Waals surface area (Å²) in [6.07, 6.45) is 1.29. The predicted molar refractivity (Wildman–Crippen MR) is 77.2 cm³/mol. The number of H-pyrrole nitrogens is 1. The number of imidazole rings is 1. The second-order valence-corrected chi connectivity index (χ2v) is 5.12. The third-order valence-corrected chi connectivity index (χ3v) is 3.86. The Balaban J connectivity index is 2.07. The third-order valence-electron chi connectivity index (χ3n) is 3.86. The van der Waals surface area contributed by atoms with Gasteiger partial charge in [0.15, 0.2) is 11.2 Å². The Labute approximate surface area is 119 Å². The first kappa shape index (κ1) is 13.4. The number of oxime groups is 1. The highest BCUT2D eigenvalue weighted by Gasteiger charge is 2.20. The standard InChI is InChI=1S/C12H16N6O3/c1-16-9-8(10(19)17(2)12(16)20)13-11(14-9)18-5-3-7(15-21)4-6-18/h21H,3-6H2,1-2H3,(H,13,14). The van der Waals surface area contributed by atoms with E-state index in [-0.39, 0.29) is 5.56 Å². The summed E-state index contributed by atoms with van der Waals surface area (Å²) in [5, 5.41) is 12.0. The van der Waals surface area contributed by atoms with Gasteiger partial charge in [-0.15, -0.1) is 0 Å². The van der Waals surface area contributed by atoms with Crippen LogP contribution in [0.3, 0.4) is 0 Å². The zero-order valence-electron chi connectivity index (χ0n) is 11.8. The van der Waals surface area contributed by atoms with Crippen LogP contribution in [0.2, 0.25) is 0 Å². The van der Waals surface area contributed by atoms with Crippen LogP contribution in [0.15, 0.2) is 14.7 Å². The van der Waals surface area contributed by atoms with Crippen molar-refractivity contribution in [2.45, 2.75) is 12.8 Å². The van der Waals surface area contributed by atoms with Gasteiger partial charge in [0.25, 0.3) is 5.56 Å². The van der Waals surface area contributed by atoms with Crippen LogP contribution in [0.1, 0.15) is 12.8 Å². The summed E-state index contributed by atoms with van der Waals surface area (Å²) in [7, 11) is 3.02. The normalized spacial score (nSPS) is 15.7. The molecule has 9 nitrogen and oxygen atoms in total. The van der Waals surface area contributed by atoms with Gasteiger partial charge in [0.05, 0.1) is 5.71 Å². The average Bonchev–Trinajstić information content (AvgIpc) is 2.96. The van der Waals surface area contributed by atoms with E-state index < -0.39 is 5.69 Å². The smallest absolute Gasteiger partial charge is 0.332 e. The number of piperidine rings is 1. The third kappa shape index (κ3) is 2.01. The first-order valence-corrected chi connectivity index (χ1v) is 6.63. The van der Waals surface area contributed by atoms with Gasteiger partial charge >= 0.3 is 5.69 Å². The SMILES string of the molecule is Cn1c(=O)c2[nH]c(N3CCC(=NO)CC3)nc2n(C)c1=O. The van der Waals surface area contributed by atoms with E-state index in [4.69, 9.17) is 5.21 Å². The van der Waals surface area contributed by atoms with Gasteiger partial charge in [0.2, 0.25) is 5.95 Å². The molecule has 2 aromatic heterocycles. The number of hydrogen-bond donors (Lipinski definition) is 2. The van der Waals surface area contributed by atoms with Gasteiger partial charge in [-0.2, -0.15) is 4.98 Å². The number of nitrogens with one attached hydrogen (secondary N) is 1. The molecule has 2 aromatic rings. The van der Waals surface area contributed by atoms with Gasteiger partial charge in [0.1, 0.15) is 0 Å². The predicted octanol–water partition coefficient (Wildman–Crippen LogP) is -0.609. The second kappa shape index (κ2) is 4.76. The van der Waals surface area contributed by atoms with E-state index >= 15 is 0 Å². The molecule has 3 rings (SSSR count). The van der Waals surface area contributed by atoms with E-state index in [1.807, 2.05) is 4.90 Å². The Morgan fingerprint density at radius 3 is 2.48 bits per heavy atom. The Kier molecular flexibility index (Phi) is 3.04. The number of aryl methyl sites for hydroxylation is 1. The van der Waals surface area contributed by atoms with Gasteiger partial charge in [0, 0.05) is 40.0 Å². The van der Waals surface area contributed by atoms with Gasteiger partial charge < -0.3 is 15.1 Å². The van der Waals surface area contributed by atoms with Crippen LogP contribution < -0.4 is 16.1 Å². The number of hydrogen-bond acceptors (Lipinski definition) is 6. The fraction of sp³-hybridized carbons (Fsp3) is 0.500. The molecule has 0 amide bonds. The van der Waals surface area contributed by atoms with Crippen molar-refractivity contribution in [1.82, 2.24) is 19.1 Å². The summed E-state index contributed by atoms with van der Waals surface area (Å²) < 4.78 is 2.40. The molecule has 0 radical (unpaired) electrons. The first-order chi connectivity index (χ1) is 10.0. The molecule has 0 spiro atoms. The van der Waals surface area contributed by atoms with Crippen LogP contribution in [0.4, 0.5) is 5.95 Å². The topological polar surface area (TPSA) is 109 Å². The van der Waals surface area contributed by atoms with Gasteiger partial charge in [-0.1, -0.05) is 5.16 Å². The molecular weight excluding hydrogens is 276 g/mol. The van der Waals surface area contributed by atoms with Gasteiger partial charge in [-0.25, -0.2) is 4.79 Å². The maximum Gasteiger partial charge on any atom is 0.332 e. The summed E-state index contributed by atoms with van der Waals surface area (Å²) in [4.78, 5) is 33.3. The van der Waals surface area contributed by atoms with Crippen molar-refractivity contribution in [3.63, 3.8) is 0 Å². The summed E-state index contributed by atoms with van der Waals surface area (Å²) in [5.41, 5.74) is 0.627. The van der Waals surface area contributed by atoms with Gasteiger partial charge in [-0.3, -0.25) is 13.9 Å². The lowest BCUT2D eigenvalue weighted by molar-refractivity contribution is 0.315. The highest BCUT2D eigenvalue weighted by Crippen LogP contribution is 2.17. The lowest BCUT2D eigenvalue weighted by atomic mass is 10.1. The highest BCUT2D eigenvalue weighted by atomic mass is 16.4. The number of aromatic nitrogens is 4. The van der Waals surface area contributed by atoms with Gasteiger partial charge in [-0.05, 0) is 0 Å². The molecule has 0 aromatic carbocycles. The fourth-order valence-electron chi connectivity index (χ4n) is 2.54. The molecule has 3 heterocycles. The minimum absolute atomic E-state index is 0.316. The Hall–Kier alpha value is -2.58. The average molecular weight is 292 g/mol. The largest absolute Gasteiger partial charge is 0.411 e. The number of nitrogens with zero attached hydrogens (tertiary/aromatic N) is 5. The maximum absolute atomic E-state index is 12.1. The monoisotopic (exact) mass is 292 g/mol. The van der Waals surface area contributed by atoms with Crippen LogP contribution in [-0.4, -0.2) is 43.1 Å². The van der Waals surface area contributed by atoms with Crippen molar-refractivity contribution >= 4 is 22.8 Å². The molecule has 0 aliphatic carbocycles. The Morgan fingerprint density at radius 1 is 1.19 bits per heavy atom. The van der Waals surface area contributed by atoms with Crippen LogP contribution >= 0.6 is 0 Å². The minimum Gasteiger partial charge on any atom is -0.411 e. The molecule has 2 N–H and O–H groups in total. The number of aromatic amines is 1. The van der Waals surface area contributed by atoms with Crippen molar-refractivity contribution < 1.29 is 5.21 Å². The number of rotatable bonds is 1. The second-order valence-electron chi connectivity index (χ2n) is 5.12. The quantitative estimate of drug-likeness (QED) is 0.538.